The molecule has 0 aromatic carbocycles. The topological polar surface area (TPSA) is 87.5 Å². The first kappa shape index (κ1) is 13.7. The Morgan fingerprint density at radius 3 is 2.42 bits per heavy atom. The maximum atomic E-state index is 12.1. The Labute approximate surface area is 116 Å². The molecule has 19 heavy (non-hydrogen) atoms. The molecule has 0 spiro atoms. The van der Waals surface area contributed by atoms with Crippen LogP contribution in [0.3, 0.4) is 0 Å². The summed E-state index contributed by atoms with van der Waals surface area (Å²) in [6.45, 7) is 0. The molecule has 0 saturated heterocycles. The van der Waals surface area contributed by atoms with Crippen LogP contribution in [0, 0.1) is 0 Å². The average molecular weight is 282 g/mol. The van der Waals surface area contributed by atoms with Crippen LogP contribution in [0.1, 0.15) is 32.9 Å². The first-order valence-electron chi connectivity index (χ1n) is 6.08. The zero-order valence-electron chi connectivity index (χ0n) is 11.2. The molecule has 2 amide bonds. The van der Waals surface area contributed by atoms with Crippen LogP contribution in [-0.2, 0) is 0 Å². The predicted octanol–water partition coefficient (Wildman–Crippen LogP) is 0.648. The highest BCUT2D eigenvalue weighted by Crippen LogP contribution is 2.37. The number of nitrogens with one attached hydrogen (secondary N) is 2. The number of nitrogens with zero attached hydrogens (tertiary/aromatic N) is 1. The number of hydrogen-bond donors (Lipinski definition) is 3. The zero-order valence-corrected chi connectivity index (χ0v) is 12.1. The van der Waals surface area contributed by atoms with Crippen molar-refractivity contribution < 1.29 is 9.59 Å². The number of amides is 2. The van der Waals surface area contributed by atoms with Gasteiger partial charge in [0.2, 0.25) is 0 Å². The van der Waals surface area contributed by atoms with E-state index in [1.807, 2.05) is 14.1 Å². The van der Waals surface area contributed by atoms with Crippen molar-refractivity contribution >= 4 is 33.8 Å². The number of carbonyl (C=O) groups is 2. The molecule has 0 unspecified atom stereocenters. The summed E-state index contributed by atoms with van der Waals surface area (Å²) >= 11 is 1.24. The number of rotatable bonds is 4. The van der Waals surface area contributed by atoms with Crippen molar-refractivity contribution in [1.29, 1.82) is 0 Å². The van der Waals surface area contributed by atoms with Crippen LogP contribution in [0.15, 0.2) is 0 Å². The monoisotopic (exact) mass is 282 g/mol. The second kappa shape index (κ2) is 5.08. The molecule has 1 aliphatic carbocycles. The van der Waals surface area contributed by atoms with Gasteiger partial charge >= 0.3 is 0 Å². The van der Waals surface area contributed by atoms with Gasteiger partial charge in [0.25, 0.3) is 11.8 Å². The third-order valence-electron chi connectivity index (χ3n) is 2.91. The third kappa shape index (κ3) is 2.65. The zero-order chi connectivity index (χ0) is 14.2. The minimum Gasteiger partial charge on any atom is -0.397 e. The van der Waals surface area contributed by atoms with E-state index < -0.39 is 0 Å². The molecular formula is C12H18N4O2S. The number of hydrogen-bond acceptors (Lipinski definition) is 5. The van der Waals surface area contributed by atoms with Crippen LogP contribution in [0.25, 0.3) is 0 Å². The SMILES string of the molecule is CNC(=O)c1c(N(C)C)sc(C(=O)NC2CC2)c1N. The Kier molecular flexibility index (Phi) is 3.66. The molecule has 1 aliphatic rings. The molecule has 0 atom stereocenters. The Morgan fingerprint density at radius 2 is 1.95 bits per heavy atom. The van der Waals surface area contributed by atoms with Crippen molar-refractivity contribution in [3.8, 4) is 0 Å². The molecular weight excluding hydrogens is 264 g/mol. The molecule has 1 fully saturated rings. The summed E-state index contributed by atoms with van der Waals surface area (Å²) in [6.07, 6.45) is 2.03. The fraction of sp³-hybridized carbons (Fsp3) is 0.500. The van der Waals surface area contributed by atoms with Gasteiger partial charge in [0.1, 0.15) is 9.88 Å². The molecule has 0 bridgehead atoms. The van der Waals surface area contributed by atoms with Gasteiger partial charge in [0.15, 0.2) is 0 Å². The van der Waals surface area contributed by atoms with Gasteiger partial charge in [-0.25, -0.2) is 0 Å². The quantitative estimate of drug-likeness (QED) is 0.756. The predicted molar refractivity (Wildman–Crippen MR) is 76.9 cm³/mol. The van der Waals surface area contributed by atoms with Crippen molar-refractivity contribution in [2.45, 2.75) is 18.9 Å². The van der Waals surface area contributed by atoms with E-state index in [9.17, 15) is 9.59 Å². The molecule has 104 valence electrons. The number of nitrogens with two attached hydrogens (primary N) is 1. The summed E-state index contributed by atoms with van der Waals surface area (Å²) in [5.74, 6) is -0.467. The van der Waals surface area contributed by atoms with Gasteiger partial charge in [-0.15, -0.1) is 11.3 Å². The highest BCUT2D eigenvalue weighted by atomic mass is 32.1. The van der Waals surface area contributed by atoms with Crippen molar-refractivity contribution in [2.24, 2.45) is 0 Å². The lowest BCUT2D eigenvalue weighted by Gasteiger charge is -2.11. The van der Waals surface area contributed by atoms with E-state index in [1.165, 1.54) is 11.3 Å². The molecule has 4 N–H and O–H groups in total. The summed E-state index contributed by atoms with van der Waals surface area (Å²) in [5.41, 5.74) is 6.61. The maximum absolute atomic E-state index is 12.1. The minimum absolute atomic E-state index is 0.191. The number of thiophene rings is 1. The van der Waals surface area contributed by atoms with E-state index in [-0.39, 0.29) is 23.5 Å². The van der Waals surface area contributed by atoms with E-state index in [2.05, 4.69) is 10.6 Å². The van der Waals surface area contributed by atoms with Gasteiger partial charge in [-0.05, 0) is 12.8 Å². The van der Waals surface area contributed by atoms with Gasteiger partial charge in [-0.2, -0.15) is 0 Å². The minimum atomic E-state index is -0.275. The lowest BCUT2D eigenvalue weighted by atomic mass is 10.2. The molecule has 1 saturated carbocycles. The highest BCUT2D eigenvalue weighted by Gasteiger charge is 2.29. The van der Waals surface area contributed by atoms with Crippen molar-refractivity contribution in [3.05, 3.63) is 10.4 Å². The Balaban J connectivity index is 2.38. The van der Waals surface area contributed by atoms with Crippen molar-refractivity contribution in [1.82, 2.24) is 10.6 Å². The second-order valence-electron chi connectivity index (χ2n) is 4.75. The molecule has 2 rings (SSSR count). The van der Waals surface area contributed by atoms with Crippen LogP contribution in [0.2, 0.25) is 0 Å². The maximum Gasteiger partial charge on any atom is 0.263 e. The van der Waals surface area contributed by atoms with Crippen LogP contribution in [0.5, 0.6) is 0 Å². The number of anilines is 2. The molecule has 0 aliphatic heterocycles. The van der Waals surface area contributed by atoms with Gasteiger partial charge < -0.3 is 21.3 Å². The van der Waals surface area contributed by atoms with Crippen LogP contribution in [0.4, 0.5) is 10.7 Å². The fourth-order valence-corrected chi connectivity index (χ4v) is 2.78. The Morgan fingerprint density at radius 1 is 1.32 bits per heavy atom. The van der Waals surface area contributed by atoms with Gasteiger partial charge in [0.05, 0.1) is 11.3 Å². The lowest BCUT2D eigenvalue weighted by molar-refractivity contribution is 0.0955. The summed E-state index contributed by atoms with van der Waals surface area (Å²) in [7, 11) is 5.18. The Bertz CT molecular complexity index is 520. The Hall–Kier alpha value is -1.76. The fourth-order valence-electron chi connectivity index (χ4n) is 1.74. The molecule has 1 aromatic heterocycles. The molecule has 1 aromatic rings. The average Bonchev–Trinajstić information content (AvgIpc) is 3.09. The first-order chi connectivity index (χ1) is 8.95. The molecule has 1 heterocycles. The highest BCUT2D eigenvalue weighted by molar-refractivity contribution is 7.19. The smallest absolute Gasteiger partial charge is 0.263 e. The van der Waals surface area contributed by atoms with Gasteiger partial charge in [-0.3, -0.25) is 9.59 Å². The molecule has 0 radical (unpaired) electrons. The van der Waals surface area contributed by atoms with E-state index in [0.29, 0.717) is 15.4 Å². The standard InChI is InChI=1S/C12H18N4O2S/c1-14-10(17)7-8(13)9(19-12(7)16(2)3)11(18)15-6-4-5-6/h6H,4-5,13H2,1-3H3,(H,14,17)(H,15,18). The first-order valence-corrected chi connectivity index (χ1v) is 6.89. The third-order valence-corrected chi connectivity index (χ3v) is 4.28. The summed E-state index contributed by atoms with van der Waals surface area (Å²) < 4.78 is 0. The van der Waals surface area contributed by atoms with E-state index in [0.717, 1.165) is 12.8 Å². The molecule has 6 nitrogen and oxygen atoms in total. The lowest BCUT2D eigenvalue weighted by Crippen LogP contribution is -2.26. The van der Waals surface area contributed by atoms with E-state index in [4.69, 9.17) is 5.73 Å². The number of nitrogen functional groups attached to an aromatic ring is 1. The van der Waals surface area contributed by atoms with Crippen LogP contribution >= 0.6 is 11.3 Å². The van der Waals surface area contributed by atoms with Crippen molar-refractivity contribution in [3.63, 3.8) is 0 Å². The molecule has 7 heteroatoms. The van der Waals surface area contributed by atoms with Gasteiger partial charge in [-0.1, -0.05) is 0 Å². The van der Waals surface area contributed by atoms with Gasteiger partial charge in [0, 0.05) is 27.2 Å². The van der Waals surface area contributed by atoms with Crippen LogP contribution in [-0.4, -0.2) is 39.0 Å². The van der Waals surface area contributed by atoms with E-state index in [1.54, 1.807) is 11.9 Å². The normalized spacial score (nSPS) is 14.1. The number of carbonyl (C=O) groups excluding carboxylic acids is 2. The van der Waals surface area contributed by atoms with Crippen molar-refractivity contribution in [2.75, 3.05) is 31.8 Å². The van der Waals surface area contributed by atoms with E-state index >= 15 is 0 Å². The largest absolute Gasteiger partial charge is 0.397 e. The van der Waals surface area contributed by atoms with Crippen LogP contribution < -0.4 is 21.3 Å². The summed E-state index contributed by atoms with van der Waals surface area (Å²) in [4.78, 5) is 26.2. The second-order valence-corrected chi connectivity index (χ2v) is 5.75. The summed E-state index contributed by atoms with van der Waals surface area (Å²) in [5, 5.41) is 6.13. The summed E-state index contributed by atoms with van der Waals surface area (Å²) in [6, 6.07) is 0.264.